The van der Waals surface area contributed by atoms with E-state index in [0.717, 1.165) is 11.1 Å². The lowest BCUT2D eigenvalue weighted by molar-refractivity contribution is -0.167. The summed E-state index contributed by atoms with van der Waals surface area (Å²) in [4.78, 5) is 42.4. The van der Waals surface area contributed by atoms with Crippen LogP contribution in [0.25, 0.3) is 0 Å². The van der Waals surface area contributed by atoms with Crippen LogP contribution in [-0.4, -0.2) is 59.2 Å². The maximum Gasteiger partial charge on any atom is 0.411 e. The number of hydrogen-bond acceptors (Lipinski definition) is 7. The van der Waals surface area contributed by atoms with Gasteiger partial charge in [-0.3, -0.25) is 9.69 Å². The smallest absolute Gasteiger partial charge is 0.411 e. The molecule has 2 unspecified atom stereocenters. The highest BCUT2D eigenvalue weighted by Crippen LogP contribution is 2.44. The maximum absolute atomic E-state index is 13.6. The summed E-state index contributed by atoms with van der Waals surface area (Å²) in [5.41, 5.74) is 2.52. The molecule has 2 aliphatic rings. The predicted octanol–water partition coefficient (Wildman–Crippen LogP) is 4.57. The molecule has 196 valence electrons. The second-order valence-electron chi connectivity index (χ2n) is 9.00. The van der Waals surface area contributed by atoms with Crippen LogP contribution in [0, 0.1) is 0 Å². The Morgan fingerprint density at radius 3 is 2.29 bits per heavy atom. The molecule has 3 aromatic carbocycles. The molecule has 2 saturated heterocycles. The molecule has 2 heterocycles. The molecule has 2 fully saturated rings. The van der Waals surface area contributed by atoms with Gasteiger partial charge in [-0.2, -0.15) is 0 Å². The lowest BCUT2D eigenvalue weighted by Crippen LogP contribution is -2.71. The first-order chi connectivity index (χ1) is 18.5. The Morgan fingerprint density at radius 1 is 1.00 bits per heavy atom. The first kappa shape index (κ1) is 25.7. The molecule has 0 spiro atoms. The van der Waals surface area contributed by atoms with Crippen molar-refractivity contribution in [2.45, 2.75) is 30.1 Å². The molecule has 0 bridgehead atoms. The second-order valence-corrected chi connectivity index (χ2v) is 9.95. The second kappa shape index (κ2) is 11.2. The molecule has 4 atom stereocenters. The Bertz CT molecular complexity index is 1290. The van der Waals surface area contributed by atoms with Crippen molar-refractivity contribution < 1.29 is 28.6 Å². The van der Waals surface area contributed by atoms with Gasteiger partial charge in [0.1, 0.15) is 30.4 Å². The van der Waals surface area contributed by atoms with E-state index in [2.05, 4.69) is 0 Å². The molecule has 0 aliphatic carbocycles. The van der Waals surface area contributed by atoms with Crippen molar-refractivity contribution in [2.75, 3.05) is 20.0 Å². The van der Waals surface area contributed by atoms with E-state index in [9.17, 15) is 14.4 Å². The van der Waals surface area contributed by atoms with E-state index < -0.39 is 29.5 Å². The lowest BCUT2D eigenvalue weighted by Gasteiger charge is -2.52. The molecule has 5 rings (SSSR count). The number of benzene rings is 3. The summed E-state index contributed by atoms with van der Waals surface area (Å²) in [6.07, 6.45) is 1.32. The van der Waals surface area contributed by atoms with Gasteiger partial charge in [-0.05, 0) is 35.1 Å². The first-order valence-electron chi connectivity index (χ1n) is 12.2. The van der Waals surface area contributed by atoms with Gasteiger partial charge in [0.25, 0.3) is 5.91 Å². The molecule has 38 heavy (non-hydrogen) atoms. The fourth-order valence-corrected chi connectivity index (χ4v) is 5.88. The lowest BCUT2D eigenvalue weighted by atomic mass is 9.95. The van der Waals surface area contributed by atoms with Crippen molar-refractivity contribution >= 4 is 29.7 Å². The monoisotopic (exact) mass is 532 g/mol. The van der Waals surface area contributed by atoms with Gasteiger partial charge in [-0.15, -0.1) is 11.8 Å². The standard InChI is InChI=1S/C29H28N2O6S/c1-35-28(33)24(21-13-15-22(16-14-21)36-17-19-9-5-3-6-10-19)31-26(32)25(27(31)38-2)30-23(18-37-29(30)34)20-11-7-4-8-12-20/h3-16,23-25,27H,17-18H2,1-2H3/t23-,24-,25?,27?/m1/s1. The van der Waals surface area contributed by atoms with Crippen LogP contribution in [0.2, 0.25) is 0 Å². The number of thioether (sulfide) groups is 1. The number of cyclic esters (lactones) is 1. The summed E-state index contributed by atoms with van der Waals surface area (Å²) in [5.74, 6) is -0.248. The third kappa shape index (κ3) is 4.81. The van der Waals surface area contributed by atoms with Crippen LogP contribution in [0.1, 0.15) is 28.8 Å². The number of nitrogens with zero attached hydrogens (tertiary/aromatic N) is 2. The minimum Gasteiger partial charge on any atom is -0.489 e. The van der Waals surface area contributed by atoms with Crippen LogP contribution in [0.4, 0.5) is 4.79 Å². The zero-order chi connectivity index (χ0) is 26.6. The molecule has 2 amide bonds. The van der Waals surface area contributed by atoms with Crippen molar-refractivity contribution in [3.05, 3.63) is 102 Å². The van der Waals surface area contributed by atoms with E-state index >= 15 is 0 Å². The third-order valence-corrected chi connectivity index (χ3v) is 7.80. The number of likely N-dealkylation sites (tertiary alicyclic amines) is 1. The van der Waals surface area contributed by atoms with Gasteiger partial charge in [0.05, 0.1) is 13.2 Å². The Kier molecular flexibility index (Phi) is 7.55. The average molecular weight is 533 g/mol. The third-order valence-electron chi connectivity index (χ3n) is 6.84. The van der Waals surface area contributed by atoms with E-state index in [4.69, 9.17) is 14.2 Å². The zero-order valence-electron chi connectivity index (χ0n) is 21.1. The molecule has 0 N–H and O–H groups in total. The molecular formula is C29H28N2O6S. The quantitative estimate of drug-likeness (QED) is 0.295. The number of rotatable bonds is 9. The Labute approximate surface area is 225 Å². The van der Waals surface area contributed by atoms with Crippen LogP contribution in [0.5, 0.6) is 5.75 Å². The van der Waals surface area contributed by atoms with E-state index in [0.29, 0.717) is 17.9 Å². The van der Waals surface area contributed by atoms with Gasteiger partial charge < -0.3 is 19.1 Å². The fourth-order valence-electron chi connectivity index (χ4n) is 4.92. The molecular weight excluding hydrogens is 504 g/mol. The highest BCUT2D eigenvalue weighted by molar-refractivity contribution is 7.99. The van der Waals surface area contributed by atoms with E-state index in [1.807, 2.05) is 66.9 Å². The van der Waals surface area contributed by atoms with Crippen LogP contribution in [0.15, 0.2) is 84.9 Å². The normalized spacial score (nSPS) is 21.5. The molecule has 0 aromatic heterocycles. The number of amides is 2. The summed E-state index contributed by atoms with van der Waals surface area (Å²) in [6, 6.07) is 24.3. The van der Waals surface area contributed by atoms with Crippen molar-refractivity contribution in [2.24, 2.45) is 0 Å². The molecule has 3 aromatic rings. The SMILES string of the molecule is COC(=O)[C@@H](c1ccc(OCc2ccccc2)cc1)N1C(=O)C(N2C(=O)OC[C@@H]2c2ccccc2)C1SC. The van der Waals surface area contributed by atoms with Gasteiger partial charge in [0, 0.05) is 0 Å². The molecule has 9 heteroatoms. The summed E-state index contributed by atoms with van der Waals surface area (Å²) < 4.78 is 16.3. The largest absolute Gasteiger partial charge is 0.489 e. The van der Waals surface area contributed by atoms with Crippen molar-refractivity contribution in [1.29, 1.82) is 0 Å². The number of carbonyl (C=O) groups is 3. The fraction of sp³-hybridized carbons (Fsp3) is 0.276. The number of esters is 1. The number of carbonyl (C=O) groups excluding carboxylic acids is 3. The predicted molar refractivity (Wildman–Crippen MR) is 142 cm³/mol. The number of hydrogen-bond donors (Lipinski definition) is 0. The molecule has 8 nitrogen and oxygen atoms in total. The van der Waals surface area contributed by atoms with Crippen LogP contribution in [0.3, 0.4) is 0 Å². The van der Waals surface area contributed by atoms with Crippen molar-refractivity contribution in [3.8, 4) is 5.75 Å². The summed E-state index contributed by atoms with van der Waals surface area (Å²) in [5, 5.41) is -0.461. The number of methoxy groups -OCH3 is 1. The number of ether oxygens (including phenoxy) is 3. The minimum atomic E-state index is -0.960. The van der Waals surface area contributed by atoms with Gasteiger partial charge in [-0.25, -0.2) is 9.59 Å². The van der Waals surface area contributed by atoms with E-state index in [1.54, 1.807) is 24.3 Å². The van der Waals surface area contributed by atoms with Crippen LogP contribution < -0.4 is 4.74 Å². The van der Waals surface area contributed by atoms with Gasteiger partial charge in [0.2, 0.25) is 0 Å². The van der Waals surface area contributed by atoms with E-state index in [-0.39, 0.29) is 18.6 Å². The van der Waals surface area contributed by atoms with Crippen LogP contribution in [-0.2, 0) is 25.7 Å². The molecule has 0 radical (unpaired) electrons. The topological polar surface area (TPSA) is 85.4 Å². The summed E-state index contributed by atoms with van der Waals surface area (Å²) in [7, 11) is 1.30. The minimum absolute atomic E-state index is 0.165. The number of β-lactam (4-membered cyclic amide) rings is 1. The zero-order valence-corrected chi connectivity index (χ0v) is 21.9. The van der Waals surface area contributed by atoms with Gasteiger partial charge in [-0.1, -0.05) is 72.8 Å². The van der Waals surface area contributed by atoms with Gasteiger partial charge >= 0.3 is 12.1 Å². The highest BCUT2D eigenvalue weighted by atomic mass is 32.2. The highest BCUT2D eigenvalue weighted by Gasteiger charge is 2.59. The van der Waals surface area contributed by atoms with Gasteiger partial charge in [0.15, 0.2) is 6.04 Å². The average Bonchev–Trinajstić information content (AvgIpc) is 3.34. The maximum atomic E-state index is 13.6. The van der Waals surface area contributed by atoms with Crippen molar-refractivity contribution in [3.63, 3.8) is 0 Å². The Hall–Kier alpha value is -3.98. The molecule has 0 saturated carbocycles. The van der Waals surface area contributed by atoms with Crippen LogP contribution >= 0.6 is 11.8 Å². The first-order valence-corrected chi connectivity index (χ1v) is 13.5. The molecule has 2 aliphatic heterocycles. The van der Waals surface area contributed by atoms with E-state index in [1.165, 1.54) is 28.7 Å². The Morgan fingerprint density at radius 2 is 1.66 bits per heavy atom. The van der Waals surface area contributed by atoms with Crippen molar-refractivity contribution in [1.82, 2.24) is 9.80 Å². The Balaban J connectivity index is 1.37. The summed E-state index contributed by atoms with van der Waals surface area (Å²) in [6.45, 7) is 0.578. The summed E-state index contributed by atoms with van der Waals surface area (Å²) >= 11 is 1.40.